The van der Waals surface area contributed by atoms with Crippen molar-refractivity contribution < 1.29 is 9.53 Å². The Kier molecular flexibility index (Phi) is 6.72. The Morgan fingerprint density at radius 3 is 1.54 bits per heavy atom. The van der Waals surface area contributed by atoms with Gasteiger partial charge in [-0.15, -0.1) is 0 Å². The molecule has 0 amide bonds. The maximum Gasteiger partial charge on any atom is 0.313 e. The number of hydrogen-bond acceptors (Lipinski definition) is 2. The predicted molar refractivity (Wildman–Crippen MR) is 144 cm³/mol. The van der Waals surface area contributed by atoms with Crippen LogP contribution < -0.4 is 0 Å². The minimum Gasteiger partial charge on any atom is -0.466 e. The van der Waals surface area contributed by atoms with Gasteiger partial charge in [0.2, 0.25) is 0 Å². The van der Waals surface area contributed by atoms with Crippen LogP contribution in [-0.4, -0.2) is 12.6 Å². The predicted octanol–water partition coefficient (Wildman–Crippen LogP) is 7.79. The normalized spacial score (nSPS) is 15.7. The van der Waals surface area contributed by atoms with E-state index in [1.807, 2.05) is 43.3 Å². The first-order chi connectivity index (χ1) is 17.3. The summed E-state index contributed by atoms with van der Waals surface area (Å²) in [5.74, 6) is -0.587. The van der Waals surface area contributed by atoms with E-state index in [1.165, 1.54) is 5.57 Å². The van der Waals surface area contributed by atoms with Crippen molar-refractivity contribution in [1.82, 2.24) is 0 Å². The van der Waals surface area contributed by atoms with Gasteiger partial charge in [-0.2, -0.15) is 0 Å². The lowest BCUT2D eigenvalue weighted by atomic mass is 9.70. The van der Waals surface area contributed by atoms with Crippen molar-refractivity contribution in [3.63, 3.8) is 0 Å². The molecule has 5 rings (SSSR count). The van der Waals surface area contributed by atoms with E-state index >= 15 is 0 Å². The molecule has 2 nitrogen and oxygen atoms in total. The highest BCUT2D eigenvalue weighted by Gasteiger charge is 2.36. The zero-order chi connectivity index (χ0) is 24.0. The highest BCUT2D eigenvalue weighted by Crippen LogP contribution is 2.51. The molecule has 0 saturated carbocycles. The summed E-state index contributed by atoms with van der Waals surface area (Å²) >= 11 is 0. The van der Waals surface area contributed by atoms with Crippen LogP contribution in [0.4, 0.5) is 0 Å². The van der Waals surface area contributed by atoms with Gasteiger partial charge in [-0.3, -0.25) is 4.79 Å². The van der Waals surface area contributed by atoms with E-state index in [-0.39, 0.29) is 5.97 Å². The number of esters is 1. The van der Waals surface area contributed by atoms with E-state index < -0.39 is 5.92 Å². The number of ether oxygens (including phenoxy) is 1. The summed E-state index contributed by atoms with van der Waals surface area (Å²) in [6.45, 7) is 2.22. The Labute approximate surface area is 207 Å². The molecule has 0 aliphatic heterocycles. The molecule has 0 heterocycles. The van der Waals surface area contributed by atoms with Gasteiger partial charge < -0.3 is 4.74 Å². The molecule has 1 atom stereocenters. The lowest BCUT2D eigenvalue weighted by molar-refractivity contribution is -0.145. The number of rotatable bonds is 6. The number of hydrogen-bond donors (Lipinski definition) is 0. The SMILES string of the molecule is CCOC(=O)C1CC(c2ccccc2)=C(c2ccccc2)C(c2ccccc2)=C1c1ccccc1. The number of carbonyl (C=O) groups is 1. The maximum atomic E-state index is 13.5. The molecule has 0 spiro atoms. The van der Waals surface area contributed by atoms with Gasteiger partial charge in [-0.05, 0) is 57.9 Å². The second-order valence-electron chi connectivity index (χ2n) is 8.62. The van der Waals surface area contributed by atoms with E-state index in [4.69, 9.17) is 4.74 Å². The maximum absolute atomic E-state index is 13.5. The fourth-order valence-electron chi connectivity index (χ4n) is 5.00. The summed E-state index contributed by atoms with van der Waals surface area (Å²) in [7, 11) is 0. The van der Waals surface area contributed by atoms with Crippen LogP contribution in [0.25, 0.3) is 22.3 Å². The highest BCUT2D eigenvalue weighted by atomic mass is 16.5. The molecule has 0 N–H and O–H groups in total. The second kappa shape index (κ2) is 10.4. The third-order valence-electron chi connectivity index (χ3n) is 6.48. The number of carbonyl (C=O) groups excluding carboxylic acids is 1. The van der Waals surface area contributed by atoms with Gasteiger partial charge in [0.25, 0.3) is 0 Å². The molecule has 1 unspecified atom stereocenters. The lowest BCUT2D eigenvalue weighted by Crippen LogP contribution is -2.24. The molecule has 0 radical (unpaired) electrons. The van der Waals surface area contributed by atoms with Crippen molar-refractivity contribution >= 4 is 28.3 Å². The van der Waals surface area contributed by atoms with Crippen LogP contribution in [0.15, 0.2) is 121 Å². The first-order valence-electron chi connectivity index (χ1n) is 12.1. The van der Waals surface area contributed by atoms with E-state index in [1.54, 1.807) is 0 Å². The number of allylic oxidation sites excluding steroid dienone is 3. The van der Waals surface area contributed by atoms with Gasteiger partial charge >= 0.3 is 5.97 Å². The number of benzene rings is 4. The van der Waals surface area contributed by atoms with Crippen molar-refractivity contribution in [2.24, 2.45) is 5.92 Å². The molecule has 4 aromatic rings. The molecule has 1 aliphatic carbocycles. The van der Waals surface area contributed by atoms with E-state index in [9.17, 15) is 4.79 Å². The zero-order valence-corrected chi connectivity index (χ0v) is 19.9. The molecule has 1 aliphatic rings. The van der Waals surface area contributed by atoms with E-state index in [0.717, 1.165) is 39.0 Å². The van der Waals surface area contributed by atoms with Crippen LogP contribution >= 0.6 is 0 Å². The van der Waals surface area contributed by atoms with Gasteiger partial charge in [-0.1, -0.05) is 121 Å². The van der Waals surface area contributed by atoms with Crippen molar-refractivity contribution in [2.75, 3.05) is 6.61 Å². The van der Waals surface area contributed by atoms with E-state index in [0.29, 0.717) is 13.0 Å². The summed E-state index contributed by atoms with van der Waals surface area (Å²) in [5.41, 5.74) is 8.84. The van der Waals surface area contributed by atoms with Gasteiger partial charge in [-0.25, -0.2) is 0 Å². The smallest absolute Gasteiger partial charge is 0.313 e. The molecule has 0 fully saturated rings. The molecule has 0 bridgehead atoms. The van der Waals surface area contributed by atoms with Crippen LogP contribution in [0.2, 0.25) is 0 Å². The fourth-order valence-corrected chi connectivity index (χ4v) is 5.00. The molecule has 35 heavy (non-hydrogen) atoms. The molecule has 2 heteroatoms. The summed E-state index contributed by atoms with van der Waals surface area (Å²) in [4.78, 5) is 13.5. The lowest BCUT2D eigenvalue weighted by Gasteiger charge is -2.33. The summed E-state index contributed by atoms with van der Waals surface area (Å²) in [6.07, 6.45) is 0.577. The summed E-state index contributed by atoms with van der Waals surface area (Å²) in [5, 5.41) is 0. The summed E-state index contributed by atoms with van der Waals surface area (Å²) < 4.78 is 5.65. The zero-order valence-electron chi connectivity index (χ0n) is 19.9. The largest absolute Gasteiger partial charge is 0.466 e. The van der Waals surface area contributed by atoms with E-state index in [2.05, 4.69) is 84.9 Å². The molecule has 0 aromatic heterocycles. The van der Waals surface area contributed by atoms with Crippen molar-refractivity contribution in [3.8, 4) is 0 Å². The van der Waals surface area contributed by atoms with Crippen LogP contribution in [0.3, 0.4) is 0 Å². The first-order valence-corrected chi connectivity index (χ1v) is 12.1. The van der Waals surface area contributed by atoms with Gasteiger partial charge in [0.15, 0.2) is 0 Å². The van der Waals surface area contributed by atoms with Crippen molar-refractivity contribution in [3.05, 3.63) is 144 Å². The van der Waals surface area contributed by atoms with Crippen LogP contribution in [0.5, 0.6) is 0 Å². The first kappa shape index (κ1) is 22.6. The summed E-state index contributed by atoms with van der Waals surface area (Å²) in [6, 6.07) is 41.6. The third-order valence-corrected chi connectivity index (χ3v) is 6.48. The van der Waals surface area contributed by atoms with Crippen molar-refractivity contribution in [2.45, 2.75) is 13.3 Å². The average molecular weight is 457 g/mol. The second-order valence-corrected chi connectivity index (χ2v) is 8.62. The molecular weight excluding hydrogens is 428 g/mol. The quantitative estimate of drug-likeness (QED) is 0.277. The minimum absolute atomic E-state index is 0.180. The Hall–Kier alpha value is -4.17. The van der Waals surface area contributed by atoms with Crippen LogP contribution in [0, 0.1) is 5.92 Å². The Morgan fingerprint density at radius 1 is 0.629 bits per heavy atom. The van der Waals surface area contributed by atoms with Crippen LogP contribution in [0.1, 0.15) is 35.6 Å². The molecule has 4 aromatic carbocycles. The molecule has 172 valence electrons. The third kappa shape index (κ3) is 4.61. The Morgan fingerprint density at radius 2 is 1.06 bits per heavy atom. The van der Waals surface area contributed by atoms with Gasteiger partial charge in [0.1, 0.15) is 0 Å². The molecule has 0 saturated heterocycles. The highest BCUT2D eigenvalue weighted by molar-refractivity contribution is 6.25. The van der Waals surface area contributed by atoms with Gasteiger partial charge in [0.05, 0.1) is 12.5 Å². The standard InChI is InChI=1S/C33H28O2/c1-2-35-33(34)29-23-28(24-15-7-3-8-16-24)30(25-17-9-4-10-18-25)32(27-21-13-6-14-22-27)31(29)26-19-11-5-12-20-26/h3-22,29H,2,23H2,1H3. The monoisotopic (exact) mass is 456 g/mol. The fraction of sp³-hybridized carbons (Fsp3) is 0.121. The Balaban J connectivity index is 1.91. The molecular formula is C33H28O2. The average Bonchev–Trinajstić information content (AvgIpc) is 2.94. The topological polar surface area (TPSA) is 26.3 Å². The van der Waals surface area contributed by atoms with Gasteiger partial charge in [0, 0.05) is 0 Å². The Bertz CT molecular complexity index is 1350. The van der Waals surface area contributed by atoms with Crippen LogP contribution in [-0.2, 0) is 9.53 Å². The minimum atomic E-state index is -0.407. The van der Waals surface area contributed by atoms with Crippen molar-refractivity contribution in [1.29, 1.82) is 0 Å².